The maximum Gasteiger partial charge on any atom is 0.142 e. The van der Waals surface area contributed by atoms with Crippen molar-refractivity contribution in [3.8, 4) is 17.2 Å². The number of fused-ring (bicyclic) bond motifs is 1. The van der Waals surface area contributed by atoms with Crippen molar-refractivity contribution in [1.29, 1.82) is 5.26 Å². The van der Waals surface area contributed by atoms with E-state index in [0.717, 1.165) is 48.1 Å². The Morgan fingerprint density at radius 1 is 1.33 bits per heavy atom. The molecule has 0 aliphatic heterocycles. The highest BCUT2D eigenvalue weighted by atomic mass is 35.5. The Morgan fingerprint density at radius 2 is 2.12 bits per heavy atom. The Bertz CT molecular complexity index is 824. The van der Waals surface area contributed by atoms with E-state index in [0.29, 0.717) is 27.3 Å². The molecule has 1 aliphatic carbocycles. The molecule has 0 radical (unpaired) electrons. The van der Waals surface area contributed by atoms with Crippen molar-refractivity contribution in [2.24, 2.45) is 5.92 Å². The molecular weight excluding hydrogens is 341 g/mol. The lowest BCUT2D eigenvalue weighted by molar-refractivity contribution is 0.419. The summed E-state index contributed by atoms with van der Waals surface area (Å²) in [6.07, 6.45) is 5.31. The Hall–Kier alpha value is -1.76. The smallest absolute Gasteiger partial charge is 0.142 e. The summed E-state index contributed by atoms with van der Waals surface area (Å²) < 4.78 is 0. The molecule has 5 heteroatoms. The molecular formula is C19H19Cl2N3. The van der Waals surface area contributed by atoms with Crippen LogP contribution in [0.25, 0.3) is 11.1 Å². The first-order chi connectivity index (χ1) is 11.5. The molecule has 1 heterocycles. The Labute approximate surface area is 152 Å². The molecule has 1 aromatic carbocycles. The minimum atomic E-state index is 0.297. The summed E-state index contributed by atoms with van der Waals surface area (Å²) in [7, 11) is 0. The summed E-state index contributed by atoms with van der Waals surface area (Å²) in [5.74, 6) is 0.923. The average Bonchev–Trinajstić information content (AvgIpc) is 2.57. The van der Waals surface area contributed by atoms with Gasteiger partial charge in [0.25, 0.3) is 0 Å². The fourth-order valence-corrected chi connectivity index (χ4v) is 3.89. The molecule has 1 aliphatic rings. The van der Waals surface area contributed by atoms with Crippen LogP contribution in [0.5, 0.6) is 0 Å². The molecule has 24 heavy (non-hydrogen) atoms. The fourth-order valence-electron chi connectivity index (χ4n) is 3.59. The molecule has 2 N–H and O–H groups in total. The van der Waals surface area contributed by atoms with Gasteiger partial charge in [-0.3, -0.25) is 0 Å². The zero-order valence-corrected chi connectivity index (χ0v) is 15.1. The number of nitrogens with zero attached hydrogens (tertiary/aromatic N) is 2. The molecule has 3 rings (SSSR count). The lowest BCUT2D eigenvalue weighted by Gasteiger charge is -2.27. The van der Waals surface area contributed by atoms with Gasteiger partial charge >= 0.3 is 0 Å². The van der Waals surface area contributed by atoms with E-state index in [4.69, 9.17) is 28.9 Å². The molecule has 0 amide bonds. The number of benzene rings is 1. The molecule has 1 aromatic heterocycles. The molecule has 3 nitrogen and oxygen atoms in total. The predicted octanol–water partition coefficient (Wildman–Crippen LogP) is 5.41. The molecule has 0 saturated carbocycles. The molecule has 1 unspecified atom stereocenters. The second-order valence-corrected chi connectivity index (χ2v) is 7.12. The van der Waals surface area contributed by atoms with Gasteiger partial charge in [-0.1, -0.05) is 49.0 Å². The number of hydrogen-bond acceptors (Lipinski definition) is 3. The standard InChI is InChI=1S/C19H19Cl2N3/c1-2-3-11-4-7-17-13(8-11)18(14(10-22)19(23)24-17)12-5-6-15(20)16(21)9-12/h5-6,9,11H,2-4,7-8H2,1H3,(H2,23,24). The summed E-state index contributed by atoms with van der Waals surface area (Å²) in [6, 6.07) is 7.69. The second-order valence-electron chi connectivity index (χ2n) is 6.31. The predicted molar refractivity (Wildman–Crippen MR) is 99.2 cm³/mol. The molecule has 0 saturated heterocycles. The zero-order valence-electron chi connectivity index (χ0n) is 13.6. The third kappa shape index (κ3) is 3.09. The largest absolute Gasteiger partial charge is 0.383 e. The van der Waals surface area contributed by atoms with E-state index in [9.17, 15) is 5.26 Å². The Balaban J connectivity index is 2.21. The lowest BCUT2D eigenvalue weighted by Crippen LogP contribution is -2.18. The molecule has 0 bridgehead atoms. The summed E-state index contributed by atoms with van der Waals surface area (Å²) in [5, 5.41) is 10.6. The number of aromatic nitrogens is 1. The van der Waals surface area contributed by atoms with E-state index >= 15 is 0 Å². The van der Waals surface area contributed by atoms with Gasteiger partial charge in [-0.25, -0.2) is 4.98 Å². The van der Waals surface area contributed by atoms with Crippen molar-refractivity contribution in [3.05, 3.63) is 45.1 Å². The van der Waals surface area contributed by atoms with E-state index in [-0.39, 0.29) is 0 Å². The fraction of sp³-hybridized carbons (Fsp3) is 0.368. The normalized spacial score (nSPS) is 16.5. The maximum atomic E-state index is 9.63. The van der Waals surface area contributed by atoms with Crippen LogP contribution in [-0.4, -0.2) is 4.98 Å². The number of nitrogen functional groups attached to an aromatic ring is 1. The van der Waals surface area contributed by atoms with Crippen molar-refractivity contribution in [2.45, 2.75) is 39.0 Å². The topological polar surface area (TPSA) is 62.7 Å². The van der Waals surface area contributed by atoms with Crippen molar-refractivity contribution in [2.75, 3.05) is 5.73 Å². The van der Waals surface area contributed by atoms with Crippen LogP contribution in [0.15, 0.2) is 18.2 Å². The third-order valence-electron chi connectivity index (χ3n) is 4.71. The lowest BCUT2D eigenvalue weighted by atomic mass is 9.79. The van der Waals surface area contributed by atoms with E-state index in [1.165, 1.54) is 6.42 Å². The third-order valence-corrected chi connectivity index (χ3v) is 5.45. The van der Waals surface area contributed by atoms with Gasteiger partial charge in [-0.05, 0) is 48.4 Å². The summed E-state index contributed by atoms with van der Waals surface area (Å²) in [4.78, 5) is 4.50. The molecule has 1 atom stereocenters. The summed E-state index contributed by atoms with van der Waals surface area (Å²) in [5.41, 5.74) is 10.4. The number of pyridine rings is 1. The van der Waals surface area contributed by atoms with E-state index in [1.54, 1.807) is 6.07 Å². The van der Waals surface area contributed by atoms with Crippen molar-refractivity contribution in [1.82, 2.24) is 4.98 Å². The number of rotatable bonds is 3. The highest BCUT2D eigenvalue weighted by Crippen LogP contribution is 2.39. The summed E-state index contributed by atoms with van der Waals surface area (Å²) in [6.45, 7) is 2.21. The summed E-state index contributed by atoms with van der Waals surface area (Å²) >= 11 is 12.2. The minimum absolute atomic E-state index is 0.297. The molecule has 0 spiro atoms. The first-order valence-corrected chi connectivity index (χ1v) is 8.97. The molecule has 0 fully saturated rings. The van der Waals surface area contributed by atoms with E-state index in [1.807, 2.05) is 12.1 Å². The molecule has 2 aromatic rings. The number of aryl methyl sites for hydroxylation is 1. The number of hydrogen-bond donors (Lipinski definition) is 1. The number of halogens is 2. The van der Waals surface area contributed by atoms with Gasteiger partial charge in [0, 0.05) is 11.3 Å². The van der Waals surface area contributed by atoms with Gasteiger partial charge in [0.15, 0.2) is 0 Å². The van der Waals surface area contributed by atoms with Gasteiger partial charge in [0.1, 0.15) is 17.5 Å². The van der Waals surface area contributed by atoms with Gasteiger partial charge in [0.05, 0.1) is 10.0 Å². The van der Waals surface area contributed by atoms with Crippen molar-refractivity contribution < 1.29 is 0 Å². The SMILES string of the molecule is CCCC1CCc2nc(N)c(C#N)c(-c3ccc(Cl)c(Cl)c3)c2C1. The minimum Gasteiger partial charge on any atom is -0.383 e. The average molecular weight is 360 g/mol. The van der Waals surface area contributed by atoms with Crippen LogP contribution < -0.4 is 5.73 Å². The highest BCUT2D eigenvalue weighted by molar-refractivity contribution is 6.42. The van der Waals surface area contributed by atoms with Crippen LogP contribution in [0.2, 0.25) is 10.0 Å². The Morgan fingerprint density at radius 3 is 2.79 bits per heavy atom. The van der Waals surface area contributed by atoms with Crippen LogP contribution >= 0.6 is 23.2 Å². The van der Waals surface area contributed by atoms with E-state index < -0.39 is 0 Å². The van der Waals surface area contributed by atoms with Gasteiger partial charge < -0.3 is 5.73 Å². The first kappa shape index (κ1) is 17.1. The number of nitriles is 1. The van der Waals surface area contributed by atoms with Crippen LogP contribution in [0, 0.1) is 17.2 Å². The highest BCUT2D eigenvalue weighted by Gasteiger charge is 2.26. The quantitative estimate of drug-likeness (QED) is 0.796. The van der Waals surface area contributed by atoms with Crippen LogP contribution in [0.1, 0.15) is 43.0 Å². The second kappa shape index (κ2) is 7.01. The zero-order chi connectivity index (χ0) is 17.3. The van der Waals surface area contributed by atoms with Crippen LogP contribution in [-0.2, 0) is 12.8 Å². The Kier molecular flexibility index (Phi) is 4.99. The number of anilines is 1. The first-order valence-electron chi connectivity index (χ1n) is 8.21. The van der Waals surface area contributed by atoms with Crippen LogP contribution in [0.4, 0.5) is 5.82 Å². The van der Waals surface area contributed by atoms with Gasteiger partial charge in [-0.15, -0.1) is 0 Å². The monoisotopic (exact) mass is 359 g/mol. The molecule has 124 valence electrons. The van der Waals surface area contributed by atoms with E-state index in [2.05, 4.69) is 18.0 Å². The number of nitrogens with two attached hydrogens (primary N) is 1. The maximum absolute atomic E-state index is 9.63. The van der Waals surface area contributed by atoms with Crippen LogP contribution in [0.3, 0.4) is 0 Å². The van der Waals surface area contributed by atoms with Crippen molar-refractivity contribution >= 4 is 29.0 Å². The van der Waals surface area contributed by atoms with Gasteiger partial charge in [-0.2, -0.15) is 5.26 Å². The van der Waals surface area contributed by atoms with Gasteiger partial charge in [0.2, 0.25) is 0 Å². The van der Waals surface area contributed by atoms with Crippen molar-refractivity contribution in [3.63, 3.8) is 0 Å².